The van der Waals surface area contributed by atoms with Crippen LogP contribution in [0.2, 0.25) is 0 Å². The van der Waals surface area contributed by atoms with E-state index in [4.69, 9.17) is 0 Å². The molecule has 0 aromatic carbocycles. The van der Waals surface area contributed by atoms with E-state index in [1.165, 1.54) is 35.0 Å². The maximum atomic E-state index is 12.4. The lowest BCUT2D eigenvalue weighted by molar-refractivity contribution is -0.154. The van der Waals surface area contributed by atoms with Crippen molar-refractivity contribution in [2.24, 2.45) is 0 Å². The highest BCUT2D eigenvalue weighted by Crippen LogP contribution is 2.34. The molecule has 3 aromatic rings. The van der Waals surface area contributed by atoms with Gasteiger partial charge in [-0.2, -0.15) is 24.9 Å². The average molecular weight is 485 g/mol. The van der Waals surface area contributed by atoms with E-state index in [1.807, 2.05) is 0 Å². The number of aromatic nitrogens is 3. The molecule has 0 saturated heterocycles. The summed E-state index contributed by atoms with van der Waals surface area (Å²) in [6.07, 6.45) is 0.0400. The molecule has 0 saturated carbocycles. The van der Waals surface area contributed by atoms with Gasteiger partial charge in [0.05, 0.1) is 23.0 Å². The Labute approximate surface area is 188 Å². The standard InChI is InChI=1S/C20H19F3N4O3S2/c21-20(22,23)10-30-16-5-4-11(8-24-16)25-15(28)6-7-31-9-14-26-18(29)17-12-2-1-3-13(12)32-19(17)27-14/h4-5,8H,1-3,6-7,9-10H2,(H,25,28)(H,26,27,29). The molecule has 32 heavy (non-hydrogen) atoms. The number of nitrogens with one attached hydrogen (secondary N) is 2. The third-order valence-corrected chi connectivity index (χ3v) is 6.90. The molecule has 0 spiro atoms. The maximum absolute atomic E-state index is 12.4. The molecule has 12 heteroatoms. The van der Waals surface area contributed by atoms with Crippen molar-refractivity contribution in [3.05, 3.63) is 44.9 Å². The number of ether oxygens (including phenoxy) is 1. The van der Waals surface area contributed by atoms with Crippen LogP contribution in [0.15, 0.2) is 23.1 Å². The SMILES string of the molecule is O=C(CCSCc1nc2sc3c(c2c(=O)[nH]1)CCC3)Nc1ccc(OCC(F)(F)F)nc1. The van der Waals surface area contributed by atoms with Gasteiger partial charge in [0.2, 0.25) is 11.8 Å². The number of aryl methyl sites for hydroxylation is 2. The molecule has 3 aromatic heterocycles. The van der Waals surface area contributed by atoms with E-state index >= 15 is 0 Å². The Hall–Kier alpha value is -2.60. The van der Waals surface area contributed by atoms with E-state index in [-0.39, 0.29) is 23.8 Å². The molecule has 0 aliphatic heterocycles. The number of hydrogen-bond donors (Lipinski definition) is 2. The molecule has 170 valence electrons. The number of nitrogens with zero attached hydrogens (tertiary/aromatic N) is 2. The lowest BCUT2D eigenvalue weighted by Gasteiger charge is -2.09. The molecule has 1 amide bonds. The molecule has 0 radical (unpaired) electrons. The van der Waals surface area contributed by atoms with Crippen LogP contribution in [0.25, 0.3) is 10.2 Å². The normalized spacial score (nSPS) is 13.3. The Bertz CT molecular complexity index is 1180. The van der Waals surface area contributed by atoms with Gasteiger partial charge < -0.3 is 15.0 Å². The van der Waals surface area contributed by atoms with E-state index in [0.717, 1.165) is 35.0 Å². The lowest BCUT2D eigenvalue weighted by Crippen LogP contribution is -2.19. The summed E-state index contributed by atoms with van der Waals surface area (Å²) in [6.45, 7) is -1.43. The van der Waals surface area contributed by atoms with E-state index < -0.39 is 12.8 Å². The zero-order valence-corrected chi connectivity index (χ0v) is 18.4. The highest BCUT2D eigenvalue weighted by atomic mass is 32.2. The van der Waals surface area contributed by atoms with E-state index in [2.05, 4.69) is 25.0 Å². The van der Waals surface area contributed by atoms with Crippen LogP contribution in [0, 0.1) is 0 Å². The summed E-state index contributed by atoms with van der Waals surface area (Å²) in [4.78, 5) is 37.7. The number of H-pyrrole nitrogens is 1. The molecule has 1 aliphatic carbocycles. The average Bonchev–Trinajstić information content (AvgIpc) is 3.31. The fourth-order valence-electron chi connectivity index (χ4n) is 3.37. The number of amides is 1. The van der Waals surface area contributed by atoms with Crippen LogP contribution in [-0.2, 0) is 23.4 Å². The molecule has 4 rings (SSSR count). The van der Waals surface area contributed by atoms with Gasteiger partial charge >= 0.3 is 6.18 Å². The van der Waals surface area contributed by atoms with Gasteiger partial charge in [-0.05, 0) is 30.9 Å². The van der Waals surface area contributed by atoms with E-state index in [9.17, 15) is 22.8 Å². The summed E-state index contributed by atoms with van der Waals surface area (Å²) in [7, 11) is 0. The molecule has 0 fully saturated rings. The Balaban J connectivity index is 1.23. The van der Waals surface area contributed by atoms with E-state index in [0.29, 0.717) is 23.0 Å². The molecule has 3 heterocycles. The third-order valence-electron chi connectivity index (χ3n) is 4.74. The predicted molar refractivity (Wildman–Crippen MR) is 117 cm³/mol. The molecule has 0 atom stereocenters. The second kappa shape index (κ2) is 9.49. The minimum absolute atomic E-state index is 0.0992. The highest BCUT2D eigenvalue weighted by Gasteiger charge is 2.28. The fraction of sp³-hybridized carbons (Fsp3) is 0.400. The number of thioether (sulfide) groups is 1. The summed E-state index contributed by atoms with van der Waals surface area (Å²) >= 11 is 3.06. The van der Waals surface area contributed by atoms with Gasteiger partial charge in [-0.25, -0.2) is 9.97 Å². The number of carbonyl (C=O) groups excluding carboxylic acids is 1. The number of pyridine rings is 1. The first-order valence-electron chi connectivity index (χ1n) is 9.85. The smallest absolute Gasteiger partial charge is 0.422 e. The Kier molecular flexibility index (Phi) is 6.70. The largest absolute Gasteiger partial charge is 0.468 e. The molecule has 2 N–H and O–H groups in total. The van der Waals surface area contributed by atoms with Gasteiger partial charge in [0.25, 0.3) is 5.56 Å². The summed E-state index contributed by atoms with van der Waals surface area (Å²) in [6, 6.07) is 2.68. The second-order valence-electron chi connectivity index (χ2n) is 7.19. The Morgan fingerprint density at radius 1 is 1.31 bits per heavy atom. The second-order valence-corrected chi connectivity index (χ2v) is 9.38. The van der Waals surface area contributed by atoms with Crippen LogP contribution in [0.1, 0.15) is 29.1 Å². The van der Waals surface area contributed by atoms with Crippen LogP contribution in [0.5, 0.6) is 5.88 Å². The number of halogens is 3. The minimum Gasteiger partial charge on any atom is -0.468 e. The van der Waals surface area contributed by atoms with Crippen LogP contribution in [-0.4, -0.2) is 39.4 Å². The summed E-state index contributed by atoms with van der Waals surface area (Å²) in [5, 5.41) is 3.35. The first-order valence-corrected chi connectivity index (χ1v) is 11.8. The lowest BCUT2D eigenvalue weighted by atomic mass is 10.2. The number of carbonyl (C=O) groups is 1. The maximum Gasteiger partial charge on any atom is 0.422 e. The van der Waals surface area contributed by atoms with Crippen LogP contribution in [0.3, 0.4) is 0 Å². The topological polar surface area (TPSA) is 97.0 Å². The van der Waals surface area contributed by atoms with Gasteiger partial charge in [-0.15, -0.1) is 11.3 Å². The number of anilines is 1. The number of aromatic amines is 1. The molecule has 0 bridgehead atoms. The first kappa shape index (κ1) is 22.6. The van der Waals surface area contributed by atoms with Gasteiger partial charge in [0, 0.05) is 23.1 Å². The number of thiophene rings is 1. The van der Waals surface area contributed by atoms with Crippen molar-refractivity contribution in [2.75, 3.05) is 17.7 Å². The molecule has 1 aliphatic rings. The van der Waals surface area contributed by atoms with Crippen molar-refractivity contribution >= 4 is 44.9 Å². The monoisotopic (exact) mass is 484 g/mol. The van der Waals surface area contributed by atoms with E-state index in [1.54, 1.807) is 11.3 Å². The van der Waals surface area contributed by atoms with Crippen molar-refractivity contribution in [1.29, 1.82) is 0 Å². The quantitative estimate of drug-likeness (QED) is 0.468. The molecular formula is C20H19F3N4O3S2. The zero-order valence-electron chi connectivity index (χ0n) is 16.8. The zero-order chi connectivity index (χ0) is 22.7. The number of rotatable bonds is 8. The van der Waals surface area contributed by atoms with Crippen LogP contribution >= 0.6 is 23.1 Å². The number of fused-ring (bicyclic) bond motifs is 3. The van der Waals surface area contributed by atoms with Crippen molar-refractivity contribution in [3.63, 3.8) is 0 Å². The molecule has 7 nitrogen and oxygen atoms in total. The summed E-state index contributed by atoms with van der Waals surface area (Å²) < 4.78 is 40.9. The Morgan fingerprint density at radius 2 is 2.16 bits per heavy atom. The van der Waals surface area contributed by atoms with Gasteiger partial charge in [-0.1, -0.05) is 0 Å². The minimum atomic E-state index is -4.44. The summed E-state index contributed by atoms with van der Waals surface area (Å²) in [5.41, 5.74) is 1.41. The first-order chi connectivity index (χ1) is 15.3. The van der Waals surface area contributed by atoms with Gasteiger partial charge in [0.1, 0.15) is 10.7 Å². The molecule has 0 unspecified atom stereocenters. The van der Waals surface area contributed by atoms with Crippen molar-refractivity contribution in [3.8, 4) is 5.88 Å². The van der Waals surface area contributed by atoms with Crippen molar-refractivity contribution in [1.82, 2.24) is 15.0 Å². The fourth-order valence-corrected chi connectivity index (χ4v) is 5.45. The number of alkyl halides is 3. The highest BCUT2D eigenvalue weighted by molar-refractivity contribution is 7.98. The van der Waals surface area contributed by atoms with Gasteiger partial charge in [0.15, 0.2) is 6.61 Å². The van der Waals surface area contributed by atoms with Crippen LogP contribution in [0.4, 0.5) is 18.9 Å². The number of hydrogen-bond acceptors (Lipinski definition) is 7. The Morgan fingerprint density at radius 3 is 2.91 bits per heavy atom. The molecular weight excluding hydrogens is 465 g/mol. The van der Waals surface area contributed by atoms with Crippen LogP contribution < -0.4 is 15.6 Å². The van der Waals surface area contributed by atoms with Gasteiger partial charge in [-0.3, -0.25) is 9.59 Å². The van der Waals surface area contributed by atoms with Crippen molar-refractivity contribution in [2.45, 2.75) is 37.6 Å². The third kappa shape index (κ3) is 5.60. The summed E-state index contributed by atoms with van der Waals surface area (Å²) in [5.74, 6) is 1.15. The predicted octanol–water partition coefficient (Wildman–Crippen LogP) is 4.07. The van der Waals surface area contributed by atoms with Crippen molar-refractivity contribution < 1.29 is 22.7 Å².